The zero-order valence-corrected chi connectivity index (χ0v) is 20.6. The molecule has 2 aromatic carbocycles. The number of benzene rings is 2. The van der Waals surface area contributed by atoms with Crippen LogP contribution in [0.2, 0.25) is 0 Å². The highest BCUT2D eigenvalue weighted by molar-refractivity contribution is 7.93. The number of sulfonamides is 1. The van der Waals surface area contributed by atoms with E-state index in [0.29, 0.717) is 49.1 Å². The molecule has 4 rings (SSSR count). The van der Waals surface area contributed by atoms with Crippen LogP contribution in [0.4, 0.5) is 5.69 Å². The molecule has 1 amide bonds. The molecule has 0 radical (unpaired) electrons. The Bertz CT molecular complexity index is 1390. The van der Waals surface area contributed by atoms with Gasteiger partial charge in [-0.05, 0) is 55.3 Å². The number of piperidine rings is 1. The number of nitrogens with zero attached hydrogens (tertiary/aromatic N) is 3. The number of likely N-dealkylation sites (tertiary alicyclic amines) is 1. The van der Waals surface area contributed by atoms with E-state index in [4.69, 9.17) is 5.41 Å². The van der Waals surface area contributed by atoms with Crippen molar-refractivity contribution in [3.63, 3.8) is 0 Å². The molecule has 1 aliphatic rings. The Labute approximate surface area is 209 Å². The number of fused-ring (bicyclic) bond motifs is 1. The van der Waals surface area contributed by atoms with Gasteiger partial charge in [0.05, 0.1) is 11.1 Å². The second-order valence-electron chi connectivity index (χ2n) is 8.66. The number of amides is 1. The predicted octanol–water partition coefficient (Wildman–Crippen LogP) is 2.54. The van der Waals surface area contributed by atoms with E-state index in [9.17, 15) is 18.3 Å². The first-order valence-electron chi connectivity index (χ1n) is 11.5. The van der Waals surface area contributed by atoms with Gasteiger partial charge in [0.25, 0.3) is 15.9 Å². The first-order chi connectivity index (χ1) is 17.2. The summed E-state index contributed by atoms with van der Waals surface area (Å²) >= 11 is 0. The van der Waals surface area contributed by atoms with Crippen LogP contribution in [0.3, 0.4) is 0 Å². The average molecular weight is 509 g/mol. The second kappa shape index (κ2) is 10.4. The highest BCUT2D eigenvalue weighted by atomic mass is 32.2. The number of rotatable bonds is 8. The molecule has 1 aliphatic heterocycles. The average Bonchev–Trinajstić information content (AvgIpc) is 2.88. The van der Waals surface area contributed by atoms with Crippen molar-refractivity contribution in [3.8, 4) is 0 Å². The smallest absolute Gasteiger partial charge is 0.264 e. The maximum absolute atomic E-state index is 13.0. The van der Waals surface area contributed by atoms with E-state index in [-0.39, 0.29) is 16.3 Å². The lowest BCUT2D eigenvalue weighted by Gasteiger charge is -2.38. The van der Waals surface area contributed by atoms with Crippen LogP contribution in [-0.2, 0) is 10.0 Å². The number of nitrogens with one attached hydrogen (secondary N) is 3. The Kier molecular flexibility index (Phi) is 7.32. The molecule has 1 aromatic heterocycles. The molecule has 10 nitrogen and oxygen atoms in total. The number of aliphatic hydroxyl groups is 1. The summed E-state index contributed by atoms with van der Waals surface area (Å²) in [5.41, 5.74) is 1.32. The monoisotopic (exact) mass is 508 g/mol. The summed E-state index contributed by atoms with van der Waals surface area (Å²) in [5.74, 6) is -0.181. The summed E-state index contributed by atoms with van der Waals surface area (Å²) in [7, 11) is -2.17. The first-order valence-corrected chi connectivity index (χ1v) is 12.9. The van der Waals surface area contributed by atoms with Crippen LogP contribution in [0.1, 0.15) is 29.6 Å². The van der Waals surface area contributed by atoms with Crippen molar-refractivity contribution < 1.29 is 18.3 Å². The van der Waals surface area contributed by atoms with E-state index < -0.39 is 15.6 Å². The largest absolute Gasteiger partial charge is 0.391 e. The van der Waals surface area contributed by atoms with Crippen molar-refractivity contribution >= 4 is 38.9 Å². The van der Waals surface area contributed by atoms with Crippen LogP contribution in [0.25, 0.3) is 11.0 Å². The van der Waals surface area contributed by atoms with Crippen molar-refractivity contribution in [2.24, 2.45) is 0 Å². The van der Waals surface area contributed by atoms with Gasteiger partial charge in [-0.3, -0.25) is 19.5 Å². The molecular weight excluding hydrogens is 480 g/mol. The number of allylic oxidation sites excluding steroid dienone is 1. The van der Waals surface area contributed by atoms with E-state index in [1.807, 2.05) is 0 Å². The fraction of sp³-hybridized carbons (Fsp3) is 0.280. The molecule has 188 valence electrons. The normalized spacial score (nSPS) is 15.9. The fourth-order valence-electron chi connectivity index (χ4n) is 4.25. The number of anilines is 1. The molecule has 0 aliphatic carbocycles. The lowest BCUT2D eigenvalue weighted by atomic mass is 9.86. The van der Waals surface area contributed by atoms with Gasteiger partial charge >= 0.3 is 0 Å². The minimum atomic E-state index is -3.92. The van der Waals surface area contributed by atoms with Crippen LogP contribution in [0, 0.1) is 5.41 Å². The number of aromatic nitrogens is 2. The van der Waals surface area contributed by atoms with Gasteiger partial charge < -0.3 is 20.7 Å². The van der Waals surface area contributed by atoms with Gasteiger partial charge in [-0.2, -0.15) is 0 Å². The van der Waals surface area contributed by atoms with Crippen molar-refractivity contribution in [3.05, 3.63) is 72.2 Å². The van der Waals surface area contributed by atoms with Gasteiger partial charge in [-0.15, -0.1) is 0 Å². The van der Waals surface area contributed by atoms with Crippen molar-refractivity contribution in [2.45, 2.75) is 29.8 Å². The van der Waals surface area contributed by atoms with E-state index in [1.54, 1.807) is 54.4 Å². The third-order valence-corrected chi connectivity index (χ3v) is 7.65. The third kappa shape index (κ3) is 5.52. The molecule has 0 unspecified atom stereocenters. The maximum atomic E-state index is 13.0. The van der Waals surface area contributed by atoms with E-state index in [2.05, 4.69) is 20.0 Å². The fourth-order valence-corrected chi connectivity index (χ4v) is 5.47. The molecule has 36 heavy (non-hydrogen) atoms. The predicted molar refractivity (Wildman–Crippen MR) is 137 cm³/mol. The summed E-state index contributed by atoms with van der Waals surface area (Å²) in [6.07, 6.45) is 6.95. The Morgan fingerprint density at radius 1 is 1.14 bits per heavy atom. The van der Waals surface area contributed by atoms with Gasteiger partial charge in [-0.25, -0.2) is 8.42 Å². The quantitative estimate of drug-likeness (QED) is 0.342. The Hall–Kier alpha value is -3.83. The lowest BCUT2D eigenvalue weighted by Crippen LogP contribution is -2.47. The second-order valence-corrected chi connectivity index (χ2v) is 10.3. The number of carbonyl (C=O) groups is 1. The summed E-state index contributed by atoms with van der Waals surface area (Å²) in [6.45, 7) is 0.792. The Morgan fingerprint density at radius 2 is 1.83 bits per heavy atom. The van der Waals surface area contributed by atoms with Crippen LogP contribution >= 0.6 is 0 Å². The van der Waals surface area contributed by atoms with Gasteiger partial charge in [-0.1, -0.05) is 6.07 Å². The number of hydrogen-bond donors (Lipinski definition) is 4. The molecule has 0 saturated carbocycles. The van der Waals surface area contributed by atoms with Gasteiger partial charge in [0.1, 0.15) is 10.4 Å². The summed E-state index contributed by atoms with van der Waals surface area (Å²) in [5, 5.41) is 21.1. The van der Waals surface area contributed by atoms with Crippen LogP contribution in [-0.4, -0.2) is 66.3 Å². The highest BCUT2D eigenvalue weighted by Gasteiger charge is 2.34. The number of hydrogen-bond acceptors (Lipinski definition) is 8. The first kappa shape index (κ1) is 25.3. The van der Waals surface area contributed by atoms with E-state index in [1.165, 1.54) is 24.7 Å². The van der Waals surface area contributed by atoms with E-state index >= 15 is 0 Å². The summed E-state index contributed by atoms with van der Waals surface area (Å²) in [4.78, 5) is 23.0. The Morgan fingerprint density at radius 3 is 2.50 bits per heavy atom. The van der Waals surface area contributed by atoms with Gasteiger partial charge in [0.2, 0.25) is 0 Å². The molecule has 3 aromatic rings. The summed E-state index contributed by atoms with van der Waals surface area (Å²) < 4.78 is 28.5. The van der Waals surface area contributed by atoms with Crippen LogP contribution < -0.4 is 10.0 Å². The minimum Gasteiger partial charge on any atom is -0.391 e. The minimum absolute atomic E-state index is 0.0194. The summed E-state index contributed by atoms with van der Waals surface area (Å²) in [6, 6.07) is 11.0. The van der Waals surface area contributed by atoms with Gasteiger partial charge in [0.15, 0.2) is 0 Å². The molecule has 1 fully saturated rings. The van der Waals surface area contributed by atoms with Crippen molar-refractivity contribution in [1.29, 1.82) is 5.41 Å². The molecular formula is C25H28N6O4S. The van der Waals surface area contributed by atoms with Gasteiger partial charge in [0, 0.05) is 62.1 Å². The molecule has 0 bridgehead atoms. The van der Waals surface area contributed by atoms with Crippen LogP contribution in [0.5, 0.6) is 0 Å². The molecule has 0 spiro atoms. The topological polar surface area (TPSA) is 148 Å². The van der Waals surface area contributed by atoms with Crippen LogP contribution in [0.15, 0.2) is 71.5 Å². The lowest BCUT2D eigenvalue weighted by molar-refractivity contribution is -0.0170. The van der Waals surface area contributed by atoms with E-state index in [0.717, 1.165) is 5.70 Å². The van der Waals surface area contributed by atoms with Crippen molar-refractivity contribution in [2.75, 3.05) is 24.9 Å². The van der Waals surface area contributed by atoms with Crippen molar-refractivity contribution in [1.82, 2.24) is 20.2 Å². The molecule has 0 atom stereocenters. The Balaban J connectivity index is 1.41. The third-order valence-electron chi connectivity index (χ3n) is 6.24. The number of para-hydroxylation sites is 1. The zero-order valence-electron chi connectivity index (χ0n) is 19.8. The molecule has 1 saturated heterocycles. The SMILES string of the molecule is CN/C(=C\C=N)CC1(O)CCN(C(=O)c2ccc(NS(=O)(=O)c3cccc4nccnc34)cc2)CC1. The molecule has 11 heteroatoms. The zero-order chi connectivity index (χ0) is 25.8. The number of carbonyl (C=O) groups excluding carboxylic acids is 1. The molecule has 2 heterocycles. The molecule has 4 N–H and O–H groups in total. The highest BCUT2D eigenvalue weighted by Crippen LogP contribution is 2.29. The maximum Gasteiger partial charge on any atom is 0.264 e. The standard InChI is InChI=1S/C25H28N6O4S/c1-27-20(9-12-26)17-25(33)10-15-31(16-11-25)24(32)18-5-7-19(8-6-18)30-36(34,35)22-4-2-3-21-23(22)29-14-13-28-21/h2-9,12-14,26-27,30,33H,10-11,15-17H2,1H3/b20-9-,26-12?.